The van der Waals surface area contributed by atoms with Gasteiger partial charge in [-0.25, -0.2) is 12.8 Å². The van der Waals surface area contributed by atoms with Gasteiger partial charge >= 0.3 is 0 Å². The lowest BCUT2D eigenvalue weighted by Gasteiger charge is -2.38. The van der Waals surface area contributed by atoms with E-state index in [1.807, 2.05) is 0 Å². The largest absolute Gasteiger partial charge is 0.353 e. The van der Waals surface area contributed by atoms with Crippen molar-refractivity contribution >= 4 is 21.8 Å². The standard InChI is InChI=1S/C17H22FN3O4S/c1-12-16(22)19-8-10-21(12)17(23)13-3-2-9-20(11-13)26(24,25)15-6-4-14(18)5-7-15/h4-7,12-13H,2-3,8-11H2,1H3,(H,19,22)/t12-,13+/m0/s1. The highest BCUT2D eigenvalue weighted by Gasteiger charge is 2.38. The molecule has 3 rings (SSSR count). The van der Waals surface area contributed by atoms with Crippen molar-refractivity contribution < 1.29 is 22.4 Å². The first-order chi connectivity index (χ1) is 12.3. The number of hydrogen-bond donors (Lipinski definition) is 1. The predicted octanol–water partition coefficient (Wildman–Crippen LogP) is 0.573. The van der Waals surface area contributed by atoms with Gasteiger partial charge in [-0.2, -0.15) is 4.31 Å². The number of nitrogens with one attached hydrogen (secondary N) is 1. The number of piperazine rings is 1. The van der Waals surface area contributed by atoms with Crippen molar-refractivity contribution in [2.24, 2.45) is 5.92 Å². The Bertz CT molecular complexity index is 797. The summed E-state index contributed by atoms with van der Waals surface area (Å²) in [5, 5.41) is 2.71. The van der Waals surface area contributed by atoms with Gasteiger partial charge in [0.15, 0.2) is 0 Å². The van der Waals surface area contributed by atoms with Crippen molar-refractivity contribution in [1.82, 2.24) is 14.5 Å². The summed E-state index contributed by atoms with van der Waals surface area (Å²) in [6.07, 6.45) is 1.14. The molecule has 2 heterocycles. The summed E-state index contributed by atoms with van der Waals surface area (Å²) in [7, 11) is -3.78. The number of hydrogen-bond acceptors (Lipinski definition) is 4. The van der Waals surface area contributed by atoms with Gasteiger partial charge in [0.1, 0.15) is 11.9 Å². The Labute approximate surface area is 152 Å². The van der Waals surface area contributed by atoms with Crippen LogP contribution in [0.2, 0.25) is 0 Å². The Morgan fingerprint density at radius 2 is 1.92 bits per heavy atom. The summed E-state index contributed by atoms with van der Waals surface area (Å²) in [4.78, 5) is 26.2. The molecule has 2 fully saturated rings. The quantitative estimate of drug-likeness (QED) is 0.827. The van der Waals surface area contributed by atoms with Crippen LogP contribution in [0.3, 0.4) is 0 Å². The molecule has 2 saturated heterocycles. The molecule has 0 aromatic heterocycles. The maximum atomic E-state index is 13.1. The third-order valence-electron chi connectivity index (χ3n) is 4.97. The number of amides is 2. The van der Waals surface area contributed by atoms with E-state index in [9.17, 15) is 22.4 Å². The average Bonchev–Trinajstić information content (AvgIpc) is 2.64. The molecule has 2 aliphatic heterocycles. The van der Waals surface area contributed by atoms with Gasteiger partial charge in [0.05, 0.1) is 10.8 Å². The molecule has 1 aromatic rings. The topological polar surface area (TPSA) is 86.8 Å². The number of nitrogens with zero attached hydrogens (tertiary/aromatic N) is 2. The van der Waals surface area contributed by atoms with Crippen LogP contribution in [-0.2, 0) is 19.6 Å². The van der Waals surface area contributed by atoms with Crippen LogP contribution in [0.5, 0.6) is 0 Å². The molecular formula is C17H22FN3O4S. The zero-order valence-electron chi connectivity index (χ0n) is 14.5. The minimum atomic E-state index is -3.78. The van der Waals surface area contributed by atoms with Gasteiger partial charge in [-0.1, -0.05) is 0 Å². The fraction of sp³-hybridized carbons (Fsp3) is 0.529. The van der Waals surface area contributed by atoms with Gasteiger partial charge < -0.3 is 10.2 Å². The van der Waals surface area contributed by atoms with Gasteiger partial charge in [0.2, 0.25) is 21.8 Å². The molecule has 1 N–H and O–H groups in total. The molecule has 7 nitrogen and oxygen atoms in total. The first-order valence-corrected chi connectivity index (χ1v) is 10.1. The van der Waals surface area contributed by atoms with E-state index < -0.39 is 27.8 Å². The minimum absolute atomic E-state index is 0.0118. The highest BCUT2D eigenvalue weighted by Crippen LogP contribution is 2.26. The summed E-state index contributed by atoms with van der Waals surface area (Å²) >= 11 is 0. The van der Waals surface area contributed by atoms with Crippen LogP contribution in [0.15, 0.2) is 29.2 Å². The molecule has 2 atom stereocenters. The molecule has 2 amide bonds. The van der Waals surface area contributed by atoms with Crippen LogP contribution >= 0.6 is 0 Å². The normalized spacial score (nSPS) is 25.0. The van der Waals surface area contributed by atoms with Crippen LogP contribution in [0, 0.1) is 11.7 Å². The van der Waals surface area contributed by atoms with Gasteiger partial charge in [-0.3, -0.25) is 9.59 Å². The van der Waals surface area contributed by atoms with E-state index in [1.54, 1.807) is 6.92 Å². The summed E-state index contributed by atoms with van der Waals surface area (Å²) in [5.41, 5.74) is 0. The maximum absolute atomic E-state index is 13.1. The van der Waals surface area contributed by atoms with Crippen molar-refractivity contribution in [1.29, 1.82) is 0 Å². The molecule has 0 saturated carbocycles. The number of benzene rings is 1. The van der Waals surface area contributed by atoms with E-state index in [-0.39, 0.29) is 23.3 Å². The van der Waals surface area contributed by atoms with E-state index in [4.69, 9.17) is 0 Å². The maximum Gasteiger partial charge on any atom is 0.243 e. The number of carbonyl (C=O) groups excluding carboxylic acids is 2. The van der Waals surface area contributed by atoms with Crippen LogP contribution in [0.4, 0.5) is 4.39 Å². The molecule has 0 unspecified atom stereocenters. The Balaban J connectivity index is 1.75. The van der Waals surface area contributed by atoms with Gasteiger partial charge in [-0.15, -0.1) is 0 Å². The molecule has 0 spiro atoms. The highest BCUT2D eigenvalue weighted by molar-refractivity contribution is 7.89. The second kappa shape index (κ2) is 7.32. The Morgan fingerprint density at radius 1 is 1.23 bits per heavy atom. The van der Waals surface area contributed by atoms with Crippen molar-refractivity contribution in [3.8, 4) is 0 Å². The molecule has 26 heavy (non-hydrogen) atoms. The molecule has 0 bridgehead atoms. The zero-order valence-corrected chi connectivity index (χ0v) is 15.3. The molecule has 1 aromatic carbocycles. The smallest absolute Gasteiger partial charge is 0.243 e. The fourth-order valence-corrected chi connectivity index (χ4v) is 4.96. The average molecular weight is 383 g/mol. The van der Waals surface area contributed by atoms with Gasteiger partial charge in [0, 0.05) is 26.2 Å². The Kier molecular flexibility index (Phi) is 5.29. The summed E-state index contributed by atoms with van der Waals surface area (Å²) in [6, 6.07) is 4.11. The monoisotopic (exact) mass is 383 g/mol. The van der Waals surface area contributed by atoms with Crippen molar-refractivity contribution in [3.05, 3.63) is 30.1 Å². The number of carbonyl (C=O) groups is 2. The van der Waals surface area contributed by atoms with Crippen LogP contribution < -0.4 is 5.32 Å². The fourth-order valence-electron chi connectivity index (χ4n) is 3.44. The van der Waals surface area contributed by atoms with Crippen molar-refractivity contribution in [2.75, 3.05) is 26.2 Å². The zero-order chi connectivity index (χ0) is 18.9. The van der Waals surface area contributed by atoms with E-state index in [2.05, 4.69) is 5.32 Å². The Morgan fingerprint density at radius 3 is 2.62 bits per heavy atom. The lowest BCUT2D eigenvalue weighted by Crippen LogP contribution is -2.58. The number of rotatable bonds is 3. The van der Waals surface area contributed by atoms with E-state index in [0.29, 0.717) is 32.5 Å². The second-order valence-corrected chi connectivity index (χ2v) is 8.59. The third-order valence-corrected chi connectivity index (χ3v) is 6.85. The molecule has 2 aliphatic rings. The SMILES string of the molecule is C[C@H]1C(=O)NCCN1C(=O)[C@@H]1CCCN(S(=O)(=O)c2ccc(F)cc2)C1. The molecular weight excluding hydrogens is 361 g/mol. The Hall–Kier alpha value is -2.00. The first kappa shape index (κ1) is 18.8. The molecule has 9 heteroatoms. The van der Waals surface area contributed by atoms with Gasteiger partial charge in [-0.05, 0) is 44.0 Å². The van der Waals surface area contributed by atoms with Crippen molar-refractivity contribution in [3.63, 3.8) is 0 Å². The predicted molar refractivity (Wildman–Crippen MR) is 92.1 cm³/mol. The van der Waals surface area contributed by atoms with Crippen molar-refractivity contribution in [2.45, 2.75) is 30.7 Å². The highest BCUT2D eigenvalue weighted by atomic mass is 32.2. The van der Waals surface area contributed by atoms with E-state index in [1.165, 1.54) is 21.3 Å². The number of halogens is 1. The first-order valence-electron chi connectivity index (χ1n) is 8.64. The molecule has 0 aliphatic carbocycles. The lowest BCUT2D eigenvalue weighted by atomic mass is 9.97. The summed E-state index contributed by atoms with van der Waals surface area (Å²) in [5.74, 6) is -1.37. The van der Waals surface area contributed by atoms with Gasteiger partial charge in [0.25, 0.3) is 0 Å². The second-order valence-electron chi connectivity index (χ2n) is 6.65. The molecule has 142 valence electrons. The van der Waals surface area contributed by atoms with Crippen LogP contribution in [0.25, 0.3) is 0 Å². The lowest BCUT2D eigenvalue weighted by molar-refractivity contribution is -0.146. The van der Waals surface area contributed by atoms with Crippen LogP contribution in [-0.4, -0.2) is 61.7 Å². The summed E-state index contributed by atoms with van der Waals surface area (Å²) < 4.78 is 39.9. The number of sulfonamides is 1. The minimum Gasteiger partial charge on any atom is -0.353 e. The third kappa shape index (κ3) is 3.59. The van der Waals surface area contributed by atoms with Crippen LogP contribution in [0.1, 0.15) is 19.8 Å². The summed E-state index contributed by atoms with van der Waals surface area (Å²) in [6.45, 7) is 2.89. The van der Waals surface area contributed by atoms with E-state index >= 15 is 0 Å². The molecule has 0 radical (unpaired) electrons. The van der Waals surface area contributed by atoms with E-state index in [0.717, 1.165) is 12.1 Å². The number of piperidine rings is 1.